The zero-order chi connectivity index (χ0) is 16.5. The second kappa shape index (κ2) is 6.26. The average Bonchev–Trinajstić information content (AvgIpc) is 3.16. The van der Waals surface area contributed by atoms with Gasteiger partial charge in [0.1, 0.15) is 11.5 Å². The van der Waals surface area contributed by atoms with E-state index in [9.17, 15) is 0 Å². The second-order valence-electron chi connectivity index (χ2n) is 5.06. The van der Waals surface area contributed by atoms with Gasteiger partial charge in [0.15, 0.2) is 10.3 Å². The van der Waals surface area contributed by atoms with Crippen molar-refractivity contribution in [2.75, 3.05) is 19.0 Å². The molecule has 0 saturated carbocycles. The summed E-state index contributed by atoms with van der Waals surface area (Å²) in [6.45, 7) is 2.64. The number of aromatic nitrogens is 2. The lowest BCUT2D eigenvalue weighted by Gasteiger charge is -2.00. The van der Waals surface area contributed by atoms with Gasteiger partial charge < -0.3 is 14.8 Å². The van der Waals surface area contributed by atoms with E-state index in [1.54, 1.807) is 29.8 Å². The van der Waals surface area contributed by atoms with Crippen molar-refractivity contribution in [3.63, 3.8) is 0 Å². The van der Waals surface area contributed by atoms with Crippen LogP contribution in [0.25, 0.3) is 20.4 Å². The molecule has 0 spiro atoms. The van der Waals surface area contributed by atoms with E-state index in [-0.39, 0.29) is 0 Å². The molecule has 0 bridgehead atoms. The van der Waals surface area contributed by atoms with Gasteiger partial charge in [-0.25, -0.2) is 9.97 Å². The highest BCUT2D eigenvalue weighted by Gasteiger charge is 2.09. The Bertz CT molecular complexity index is 1010. The molecular weight excluding hydrogens is 342 g/mol. The first-order valence-corrected chi connectivity index (χ1v) is 9.13. The molecule has 24 heavy (non-hydrogen) atoms. The molecule has 0 aliphatic heterocycles. The molecule has 122 valence electrons. The summed E-state index contributed by atoms with van der Waals surface area (Å²) in [5, 5.41) is 4.95. The van der Waals surface area contributed by atoms with Gasteiger partial charge in [0.2, 0.25) is 0 Å². The van der Waals surface area contributed by atoms with Crippen LogP contribution < -0.4 is 14.8 Å². The van der Waals surface area contributed by atoms with E-state index in [1.807, 2.05) is 43.3 Å². The Labute approximate surface area is 146 Å². The molecule has 0 saturated heterocycles. The molecule has 1 N–H and O–H groups in total. The van der Waals surface area contributed by atoms with Crippen molar-refractivity contribution in [1.82, 2.24) is 9.97 Å². The summed E-state index contributed by atoms with van der Waals surface area (Å²) in [6.07, 6.45) is 0. The van der Waals surface area contributed by atoms with E-state index in [4.69, 9.17) is 9.47 Å². The van der Waals surface area contributed by atoms with E-state index < -0.39 is 0 Å². The number of benzene rings is 2. The lowest BCUT2D eigenvalue weighted by Crippen LogP contribution is -1.90. The lowest BCUT2D eigenvalue weighted by molar-refractivity contribution is 0.341. The molecule has 0 aliphatic rings. The summed E-state index contributed by atoms with van der Waals surface area (Å²) < 4.78 is 13.0. The van der Waals surface area contributed by atoms with E-state index in [2.05, 4.69) is 15.3 Å². The van der Waals surface area contributed by atoms with Crippen LogP contribution in [0.2, 0.25) is 0 Å². The molecule has 4 rings (SSSR count). The Morgan fingerprint density at radius 2 is 1.67 bits per heavy atom. The largest absolute Gasteiger partial charge is 0.497 e. The van der Waals surface area contributed by atoms with Crippen molar-refractivity contribution < 1.29 is 9.47 Å². The normalized spacial score (nSPS) is 11.1. The van der Waals surface area contributed by atoms with Crippen LogP contribution in [0.4, 0.5) is 10.3 Å². The number of thiazole rings is 2. The minimum Gasteiger partial charge on any atom is -0.497 e. The van der Waals surface area contributed by atoms with E-state index in [0.717, 1.165) is 42.2 Å². The van der Waals surface area contributed by atoms with Crippen LogP contribution in [-0.4, -0.2) is 23.7 Å². The molecule has 5 nitrogen and oxygen atoms in total. The van der Waals surface area contributed by atoms with Crippen molar-refractivity contribution in [2.45, 2.75) is 6.92 Å². The van der Waals surface area contributed by atoms with Crippen LogP contribution in [0.15, 0.2) is 36.4 Å². The van der Waals surface area contributed by atoms with Gasteiger partial charge in [0.25, 0.3) is 0 Å². The Morgan fingerprint density at radius 1 is 0.917 bits per heavy atom. The summed E-state index contributed by atoms with van der Waals surface area (Å²) in [5.41, 5.74) is 1.87. The lowest BCUT2D eigenvalue weighted by atomic mass is 10.3. The molecule has 7 heteroatoms. The van der Waals surface area contributed by atoms with E-state index in [0.29, 0.717) is 6.61 Å². The number of nitrogens with one attached hydrogen (secondary N) is 1. The highest BCUT2D eigenvalue weighted by molar-refractivity contribution is 7.24. The molecule has 0 aliphatic carbocycles. The number of hydrogen-bond donors (Lipinski definition) is 1. The first-order chi connectivity index (χ1) is 11.7. The Hall–Kier alpha value is -2.38. The maximum Gasteiger partial charge on any atom is 0.190 e. The number of anilines is 2. The minimum atomic E-state index is 0.657. The quantitative estimate of drug-likeness (QED) is 0.541. The van der Waals surface area contributed by atoms with Crippen molar-refractivity contribution in [2.24, 2.45) is 0 Å². The predicted molar refractivity (Wildman–Crippen MR) is 100 cm³/mol. The van der Waals surface area contributed by atoms with Crippen LogP contribution >= 0.6 is 22.7 Å². The summed E-state index contributed by atoms with van der Waals surface area (Å²) >= 11 is 3.19. The second-order valence-corrected chi connectivity index (χ2v) is 7.12. The molecule has 2 aromatic carbocycles. The SMILES string of the molecule is CCOc1ccc2nc(Nc3nc4cc(OC)ccc4s3)sc2c1. The maximum atomic E-state index is 5.54. The fourth-order valence-corrected chi connectivity index (χ4v) is 4.20. The predicted octanol–water partition coefficient (Wildman–Crippen LogP) is 5.06. The van der Waals surface area contributed by atoms with Crippen molar-refractivity contribution >= 4 is 53.4 Å². The minimum absolute atomic E-state index is 0.657. The Balaban J connectivity index is 1.63. The molecule has 0 atom stereocenters. The van der Waals surface area contributed by atoms with Gasteiger partial charge >= 0.3 is 0 Å². The Morgan fingerprint density at radius 3 is 2.46 bits per heavy atom. The first kappa shape index (κ1) is 15.2. The molecule has 0 radical (unpaired) electrons. The first-order valence-electron chi connectivity index (χ1n) is 7.50. The Kier molecular flexibility index (Phi) is 3.95. The third kappa shape index (κ3) is 2.88. The zero-order valence-corrected chi connectivity index (χ0v) is 14.8. The van der Waals surface area contributed by atoms with Crippen LogP contribution in [0, 0.1) is 0 Å². The average molecular weight is 357 g/mol. The van der Waals surface area contributed by atoms with Crippen LogP contribution in [0.5, 0.6) is 11.5 Å². The molecule has 0 amide bonds. The van der Waals surface area contributed by atoms with Crippen molar-refractivity contribution in [3.05, 3.63) is 36.4 Å². The van der Waals surface area contributed by atoms with Gasteiger partial charge in [0, 0.05) is 6.07 Å². The van der Waals surface area contributed by atoms with E-state index >= 15 is 0 Å². The molecule has 2 aromatic heterocycles. The number of rotatable bonds is 5. The van der Waals surface area contributed by atoms with Crippen LogP contribution in [-0.2, 0) is 0 Å². The number of nitrogens with zero attached hydrogens (tertiary/aromatic N) is 2. The van der Waals surface area contributed by atoms with Gasteiger partial charge in [-0.15, -0.1) is 0 Å². The molecule has 4 aromatic rings. The van der Waals surface area contributed by atoms with Gasteiger partial charge in [-0.05, 0) is 37.3 Å². The standard InChI is InChI=1S/C17H15N3O2S2/c1-3-22-11-4-6-12-15(9-11)24-16(18-12)20-17-19-13-8-10(21-2)5-7-14(13)23-17/h4-9H,3H2,1-2H3,(H,18,19,20). The van der Waals surface area contributed by atoms with Gasteiger partial charge in [-0.3, -0.25) is 0 Å². The fourth-order valence-electron chi connectivity index (χ4n) is 2.39. The summed E-state index contributed by atoms with van der Waals surface area (Å²) in [4.78, 5) is 9.21. The monoisotopic (exact) mass is 357 g/mol. The molecular formula is C17H15N3O2S2. The van der Waals surface area contributed by atoms with E-state index in [1.165, 1.54) is 0 Å². The fraction of sp³-hybridized carbons (Fsp3) is 0.176. The number of hydrogen-bond acceptors (Lipinski definition) is 7. The summed E-state index contributed by atoms with van der Waals surface area (Å²) in [5.74, 6) is 1.68. The summed E-state index contributed by atoms with van der Waals surface area (Å²) in [7, 11) is 1.66. The van der Waals surface area contributed by atoms with Crippen molar-refractivity contribution in [3.8, 4) is 11.5 Å². The van der Waals surface area contributed by atoms with Gasteiger partial charge in [0.05, 0.1) is 34.1 Å². The third-order valence-corrected chi connectivity index (χ3v) is 5.36. The van der Waals surface area contributed by atoms with Crippen LogP contribution in [0.3, 0.4) is 0 Å². The van der Waals surface area contributed by atoms with Crippen molar-refractivity contribution in [1.29, 1.82) is 0 Å². The number of methoxy groups -OCH3 is 1. The van der Waals surface area contributed by atoms with Gasteiger partial charge in [-0.1, -0.05) is 22.7 Å². The highest BCUT2D eigenvalue weighted by Crippen LogP contribution is 2.34. The van der Waals surface area contributed by atoms with Gasteiger partial charge in [-0.2, -0.15) is 0 Å². The topological polar surface area (TPSA) is 56.3 Å². The molecule has 2 heterocycles. The summed E-state index contributed by atoms with van der Waals surface area (Å²) in [6, 6.07) is 11.8. The number of ether oxygens (including phenoxy) is 2. The maximum absolute atomic E-state index is 5.54. The molecule has 0 unspecified atom stereocenters. The zero-order valence-electron chi connectivity index (χ0n) is 13.2. The smallest absolute Gasteiger partial charge is 0.190 e. The number of fused-ring (bicyclic) bond motifs is 2. The third-order valence-electron chi connectivity index (χ3n) is 3.48. The molecule has 0 fully saturated rings. The highest BCUT2D eigenvalue weighted by atomic mass is 32.1. The van der Waals surface area contributed by atoms with Crippen LogP contribution in [0.1, 0.15) is 6.92 Å².